The highest BCUT2D eigenvalue weighted by molar-refractivity contribution is 5.46. The van der Waals surface area contributed by atoms with E-state index >= 15 is 0 Å². The van der Waals surface area contributed by atoms with Crippen molar-refractivity contribution in [2.75, 3.05) is 5.32 Å². The van der Waals surface area contributed by atoms with Crippen LogP contribution >= 0.6 is 0 Å². The SMILES string of the molecule is NC1CC(Nc2cncnc2)c2ccccc21. The molecular formula is C13H14N4. The number of nitrogens with two attached hydrogens (primary N) is 1. The maximum atomic E-state index is 6.12. The van der Waals surface area contributed by atoms with Crippen molar-refractivity contribution in [3.63, 3.8) is 0 Å². The molecule has 0 radical (unpaired) electrons. The molecule has 3 rings (SSSR count). The molecule has 0 saturated heterocycles. The molecule has 4 heteroatoms. The predicted octanol–water partition coefficient (Wildman–Crippen LogP) is 2.03. The lowest BCUT2D eigenvalue weighted by Gasteiger charge is -2.14. The summed E-state index contributed by atoms with van der Waals surface area (Å²) in [6.45, 7) is 0. The lowest BCUT2D eigenvalue weighted by atomic mass is 10.1. The van der Waals surface area contributed by atoms with E-state index in [9.17, 15) is 0 Å². The fourth-order valence-electron chi connectivity index (χ4n) is 2.39. The first-order valence-corrected chi connectivity index (χ1v) is 5.70. The average Bonchev–Trinajstić information content (AvgIpc) is 2.69. The van der Waals surface area contributed by atoms with Crippen LogP contribution in [0.2, 0.25) is 0 Å². The highest BCUT2D eigenvalue weighted by atomic mass is 15.0. The molecule has 2 atom stereocenters. The quantitative estimate of drug-likeness (QED) is 0.822. The van der Waals surface area contributed by atoms with Crippen molar-refractivity contribution in [3.05, 3.63) is 54.1 Å². The van der Waals surface area contributed by atoms with E-state index in [2.05, 4.69) is 27.4 Å². The lowest BCUT2D eigenvalue weighted by Crippen LogP contribution is -2.10. The first kappa shape index (κ1) is 10.2. The molecule has 1 aliphatic rings. The van der Waals surface area contributed by atoms with Gasteiger partial charge < -0.3 is 11.1 Å². The summed E-state index contributed by atoms with van der Waals surface area (Å²) < 4.78 is 0. The van der Waals surface area contributed by atoms with Crippen LogP contribution in [-0.2, 0) is 0 Å². The zero-order valence-corrected chi connectivity index (χ0v) is 9.38. The van der Waals surface area contributed by atoms with Gasteiger partial charge in [-0.25, -0.2) is 9.97 Å². The topological polar surface area (TPSA) is 63.8 Å². The molecule has 2 unspecified atom stereocenters. The smallest absolute Gasteiger partial charge is 0.115 e. The third-order valence-corrected chi connectivity index (χ3v) is 3.16. The number of rotatable bonds is 2. The van der Waals surface area contributed by atoms with Gasteiger partial charge in [-0.15, -0.1) is 0 Å². The third-order valence-electron chi connectivity index (χ3n) is 3.16. The maximum absolute atomic E-state index is 6.12. The van der Waals surface area contributed by atoms with Crippen LogP contribution in [0.25, 0.3) is 0 Å². The number of aromatic nitrogens is 2. The number of nitrogens with one attached hydrogen (secondary N) is 1. The van der Waals surface area contributed by atoms with Gasteiger partial charge >= 0.3 is 0 Å². The van der Waals surface area contributed by atoms with E-state index in [-0.39, 0.29) is 12.1 Å². The number of hydrogen-bond donors (Lipinski definition) is 2. The van der Waals surface area contributed by atoms with Crippen molar-refractivity contribution < 1.29 is 0 Å². The number of nitrogens with zero attached hydrogens (tertiary/aromatic N) is 2. The summed E-state index contributed by atoms with van der Waals surface area (Å²) in [7, 11) is 0. The fourth-order valence-corrected chi connectivity index (χ4v) is 2.39. The minimum absolute atomic E-state index is 0.119. The predicted molar refractivity (Wildman–Crippen MR) is 66.4 cm³/mol. The number of benzene rings is 1. The normalized spacial score (nSPS) is 22.2. The van der Waals surface area contributed by atoms with Crippen LogP contribution < -0.4 is 11.1 Å². The Morgan fingerprint density at radius 3 is 2.59 bits per heavy atom. The summed E-state index contributed by atoms with van der Waals surface area (Å²) in [5, 5.41) is 3.42. The molecule has 1 aromatic carbocycles. The molecular weight excluding hydrogens is 212 g/mol. The van der Waals surface area contributed by atoms with E-state index in [0.717, 1.165) is 12.1 Å². The van der Waals surface area contributed by atoms with E-state index in [0.29, 0.717) is 0 Å². The van der Waals surface area contributed by atoms with Crippen molar-refractivity contribution in [3.8, 4) is 0 Å². The van der Waals surface area contributed by atoms with Gasteiger partial charge in [0.15, 0.2) is 0 Å². The fraction of sp³-hybridized carbons (Fsp3) is 0.231. The minimum Gasteiger partial charge on any atom is -0.376 e. The second-order valence-corrected chi connectivity index (χ2v) is 4.30. The molecule has 86 valence electrons. The number of anilines is 1. The Morgan fingerprint density at radius 2 is 1.82 bits per heavy atom. The Balaban J connectivity index is 1.87. The molecule has 2 aromatic rings. The molecule has 1 aliphatic carbocycles. The van der Waals surface area contributed by atoms with Gasteiger partial charge in [0.2, 0.25) is 0 Å². The highest BCUT2D eigenvalue weighted by Gasteiger charge is 2.27. The van der Waals surface area contributed by atoms with Crippen molar-refractivity contribution in [2.45, 2.75) is 18.5 Å². The van der Waals surface area contributed by atoms with Crippen LogP contribution in [-0.4, -0.2) is 9.97 Å². The van der Waals surface area contributed by atoms with Crippen LogP contribution in [0.1, 0.15) is 29.6 Å². The van der Waals surface area contributed by atoms with Gasteiger partial charge in [-0.05, 0) is 17.5 Å². The zero-order chi connectivity index (χ0) is 11.7. The highest BCUT2D eigenvalue weighted by Crippen LogP contribution is 2.38. The summed E-state index contributed by atoms with van der Waals surface area (Å²) >= 11 is 0. The molecule has 0 fully saturated rings. The standard InChI is InChI=1S/C13H14N4/c14-12-5-13(11-4-2-1-3-10(11)12)17-9-6-15-8-16-7-9/h1-4,6-8,12-13,17H,5,14H2. The van der Waals surface area contributed by atoms with E-state index < -0.39 is 0 Å². The van der Waals surface area contributed by atoms with Gasteiger partial charge in [0.25, 0.3) is 0 Å². The Labute approximate surface area is 99.9 Å². The summed E-state index contributed by atoms with van der Waals surface area (Å²) in [6, 6.07) is 8.69. The van der Waals surface area contributed by atoms with Crippen molar-refractivity contribution >= 4 is 5.69 Å². The first-order valence-electron chi connectivity index (χ1n) is 5.70. The molecule has 0 amide bonds. The van der Waals surface area contributed by atoms with Crippen LogP contribution in [0.15, 0.2) is 43.0 Å². The van der Waals surface area contributed by atoms with E-state index in [1.807, 2.05) is 12.1 Å². The van der Waals surface area contributed by atoms with E-state index in [4.69, 9.17) is 5.73 Å². The summed E-state index contributed by atoms with van der Waals surface area (Å²) in [6.07, 6.45) is 5.99. The van der Waals surface area contributed by atoms with Gasteiger partial charge in [-0.3, -0.25) is 0 Å². The zero-order valence-electron chi connectivity index (χ0n) is 9.38. The molecule has 1 heterocycles. The number of hydrogen-bond acceptors (Lipinski definition) is 4. The van der Waals surface area contributed by atoms with Crippen LogP contribution in [0.3, 0.4) is 0 Å². The van der Waals surface area contributed by atoms with Crippen molar-refractivity contribution in [1.29, 1.82) is 0 Å². The van der Waals surface area contributed by atoms with Crippen LogP contribution in [0.5, 0.6) is 0 Å². The van der Waals surface area contributed by atoms with Gasteiger partial charge in [0.1, 0.15) is 6.33 Å². The van der Waals surface area contributed by atoms with Gasteiger partial charge in [-0.2, -0.15) is 0 Å². The Hall–Kier alpha value is -1.94. The van der Waals surface area contributed by atoms with Crippen LogP contribution in [0, 0.1) is 0 Å². The van der Waals surface area contributed by atoms with E-state index in [1.165, 1.54) is 17.5 Å². The molecule has 17 heavy (non-hydrogen) atoms. The second-order valence-electron chi connectivity index (χ2n) is 4.30. The first-order chi connectivity index (χ1) is 8.34. The molecule has 0 saturated carbocycles. The molecule has 0 bridgehead atoms. The molecule has 1 aromatic heterocycles. The lowest BCUT2D eigenvalue weighted by molar-refractivity contribution is 0.648. The maximum Gasteiger partial charge on any atom is 0.115 e. The second kappa shape index (κ2) is 4.14. The Kier molecular flexibility index (Phi) is 2.49. The van der Waals surface area contributed by atoms with Crippen LogP contribution in [0.4, 0.5) is 5.69 Å². The monoisotopic (exact) mass is 226 g/mol. The summed E-state index contributed by atoms with van der Waals surface area (Å²) in [4.78, 5) is 7.99. The average molecular weight is 226 g/mol. The molecule has 4 nitrogen and oxygen atoms in total. The Bertz CT molecular complexity index is 512. The molecule has 3 N–H and O–H groups in total. The van der Waals surface area contributed by atoms with Gasteiger partial charge in [-0.1, -0.05) is 24.3 Å². The minimum atomic E-state index is 0.119. The summed E-state index contributed by atoms with van der Waals surface area (Å²) in [5.74, 6) is 0. The van der Waals surface area contributed by atoms with E-state index in [1.54, 1.807) is 12.4 Å². The number of fused-ring (bicyclic) bond motifs is 1. The largest absolute Gasteiger partial charge is 0.376 e. The molecule has 0 spiro atoms. The van der Waals surface area contributed by atoms with Gasteiger partial charge in [0, 0.05) is 6.04 Å². The van der Waals surface area contributed by atoms with Crippen molar-refractivity contribution in [1.82, 2.24) is 9.97 Å². The third kappa shape index (κ3) is 1.87. The molecule has 0 aliphatic heterocycles. The summed E-state index contributed by atoms with van der Waals surface area (Å²) in [5.41, 5.74) is 9.57. The van der Waals surface area contributed by atoms with Gasteiger partial charge in [0.05, 0.1) is 24.1 Å². The van der Waals surface area contributed by atoms with Crippen molar-refractivity contribution in [2.24, 2.45) is 5.73 Å². The Morgan fingerprint density at radius 1 is 1.12 bits per heavy atom.